The summed E-state index contributed by atoms with van der Waals surface area (Å²) in [7, 11) is 0. The average Bonchev–Trinajstić information content (AvgIpc) is 2.51. The third-order valence-electron chi connectivity index (χ3n) is 3.42. The number of hydrogen-bond donors (Lipinski definition) is 0. The Bertz CT molecular complexity index is 564. The first-order valence-corrected chi connectivity index (χ1v) is 7.06. The summed E-state index contributed by atoms with van der Waals surface area (Å²) < 4.78 is 5.84. The van der Waals surface area contributed by atoms with E-state index < -0.39 is 0 Å². The van der Waals surface area contributed by atoms with Crippen molar-refractivity contribution < 1.29 is 4.74 Å². The highest BCUT2D eigenvalue weighted by Gasteiger charge is 2.22. The van der Waals surface area contributed by atoms with Gasteiger partial charge < -0.3 is 9.64 Å². The first-order chi connectivity index (χ1) is 9.83. The highest BCUT2D eigenvalue weighted by Crippen LogP contribution is 2.21. The largest absolute Gasteiger partial charge is 0.374 e. The van der Waals surface area contributed by atoms with E-state index >= 15 is 0 Å². The molecule has 0 bridgehead atoms. The fourth-order valence-electron chi connectivity index (χ4n) is 2.41. The zero-order valence-corrected chi connectivity index (χ0v) is 11.8. The van der Waals surface area contributed by atoms with Crippen LogP contribution < -0.4 is 4.90 Å². The lowest BCUT2D eigenvalue weighted by Gasteiger charge is -2.33. The summed E-state index contributed by atoms with van der Waals surface area (Å²) in [6.45, 7) is 2.35. The van der Waals surface area contributed by atoms with Crippen LogP contribution >= 0.6 is 11.6 Å². The van der Waals surface area contributed by atoms with E-state index in [0.717, 1.165) is 35.9 Å². The Morgan fingerprint density at radius 2 is 2.20 bits per heavy atom. The highest BCUT2D eigenvalue weighted by atomic mass is 35.5. The summed E-state index contributed by atoms with van der Waals surface area (Å²) in [5.74, 6) is 0.903. The normalized spacial score (nSPS) is 19.1. The fraction of sp³-hybridized carbons (Fsp3) is 0.333. The molecule has 1 saturated heterocycles. The maximum absolute atomic E-state index is 6.21. The van der Waals surface area contributed by atoms with Crippen molar-refractivity contribution >= 4 is 17.4 Å². The highest BCUT2D eigenvalue weighted by molar-refractivity contribution is 6.31. The van der Waals surface area contributed by atoms with Gasteiger partial charge in [-0.1, -0.05) is 29.8 Å². The molecule has 1 atom stereocenters. The molecule has 1 aliphatic heterocycles. The number of ether oxygens (including phenoxy) is 1. The Morgan fingerprint density at radius 1 is 1.30 bits per heavy atom. The molecule has 0 spiro atoms. The first-order valence-electron chi connectivity index (χ1n) is 6.69. The van der Waals surface area contributed by atoms with Crippen molar-refractivity contribution in [2.45, 2.75) is 12.5 Å². The van der Waals surface area contributed by atoms with E-state index in [1.165, 1.54) is 0 Å². The molecule has 5 heteroatoms. The minimum absolute atomic E-state index is 0.130. The molecule has 2 heterocycles. The molecular weight excluding hydrogens is 274 g/mol. The van der Waals surface area contributed by atoms with Crippen LogP contribution in [0.15, 0.2) is 42.9 Å². The van der Waals surface area contributed by atoms with Crippen LogP contribution in [-0.4, -0.2) is 35.8 Å². The molecule has 1 aliphatic rings. The topological polar surface area (TPSA) is 38.2 Å². The third-order valence-corrected chi connectivity index (χ3v) is 3.79. The van der Waals surface area contributed by atoms with Crippen molar-refractivity contribution in [2.75, 3.05) is 24.6 Å². The van der Waals surface area contributed by atoms with Crippen LogP contribution in [0, 0.1) is 0 Å². The molecule has 104 valence electrons. The third kappa shape index (κ3) is 3.08. The maximum Gasteiger partial charge on any atom is 0.147 e. The molecule has 20 heavy (non-hydrogen) atoms. The van der Waals surface area contributed by atoms with Gasteiger partial charge in [-0.25, -0.2) is 4.98 Å². The van der Waals surface area contributed by atoms with Crippen molar-refractivity contribution in [3.05, 3.63) is 53.4 Å². The fourth-order valence-corrected chi connectivity index (χ4v) is 2.63. The molecular formula is C15H16ClN3O. The zero-order chi connectivity index (χ0) is 13.8. The number of benzene rings is 1. The van der Waals surface area contributed by atoms with Crippen LogP contribution in [0.3, 0.4) is 0 Å². The number of hydrogen-bond acceptors (Lipinski definition) is 4. The molecule has 0 N–H and O–H groups in total. The van der Waals surface area contributed by atoms with Gasteiger partial charge in [0, 0.05) is 36.9 Å². The summed E-state index contributed by atoms with van der Waals surface area (Å²) in [6.07, 6.45) is 6.14. The van der Waals surface area contributed by atoms with E-state index in [1.54, 1.807) is 18.6 Å². The Morgan fingerprint density at radius 3 is 3.00 bits per heavy atom. The van der Waals surface area contributed by atoms with Crippen LogP contribution in [0.5, 0.6) is 0 Å². The van der Waals surface area contributed by atoms with E-state index in [4.69, 9.17) is 16.3 Å². The monoisotopic (exact) mass is 289 g/mol. The van der Waals surface area contributed by atoms with E-state index in [9.17, 15) is 0 Å². The Hall–Kier alpha value is -1.65. The number of morpholine rings is 1. The minimum atomic E-state index is 0.130. The van der Waals surface area contributed by atoms with Gasteiger partial charge in [-0.3, -0.25) is 4.98 Å². The van der Waals surface area contributed by atoms with E-state index in [1.807, 2.05) is 24.3 Å². The van der Waals surface area contributed by atoms with Gasteiger partial charge >= 0.3 is 0 Å². The lowest BCUT2D eigenvalue weighted by molar-refractivity contribution is 0.0408. The second kappa shape index (κ2) is 6.20. The number of anilines is 1. The zero-order valence-electron chi connectivity index (χ0n) is 11.1. The van der Waals surface area contributed by atoms with Gasteiger partial charge in [0.25, 0.3) is 0 Å². The maximum atomic E-state index is 6.21. The number of aromatic nitrogens is 2. The van der Waals surface area contributed by atoms with Gasteiger partial charge in [-0.15, -0.1) is 0 Å². The minimum Gasteiger partial charge on any atom is -0.374 e. The summed E-state index contributed by atoms with van der Waals surface area (Å²) in [5, 5.41) is 0.799. The molecule has 0 radical (unpaired) electrons. The summed E-state index contributed by atoms with van der Waals surface area (Å²) in [6, 6.07) is 7.91. The molecule has 3 rings (SSSR count). The SMILES string of the molecule is Clc1ccccc1C[C@@H]1CN(c2cnccn2)CCO1. The van der Waals surface area contributed by atoms with Crippen LogP contribution in [0.4, 0.5) is 5.82 Å². The smallest absolute Gasteiger partial charge is 0.147 e. The Balaban J connectivity index is 1.68. The van der Waals surface area contributed by atoms with E-state index in [-0.39, 0.29) is 6.10 Å². The average molecular weight is 290 g/mol. The Labute approximate surface area is 123 Å². The molecule has 1 aromatic heterocycles. The van der Waals surface area contributed by atoms with Gasteiger partial charge in [0.05, 0.1) is 18.9 Å². The molecule has 1 fully saturated rings. The van der Waals surface area contributed by atoms with Crippen molar-refractivity contribution in [3.63, 3.8) is 0 Å². The lowest BCUT2D eigenvalue weighted by Crippen LogP contribution is -2.43. The van der Waals surface area contributed by atoms with Crippen molar-refractivity contribution in [2.24, 2.45) is 0 Å². The van der Waals surface area contributed by atoms with Crippen LogP contribution in [-0.2, 0) is 11.2 Å². The predicted octanol–water partition coefficient (Wildman–Crippen LogP) is 2.58. The summed E-state index contributed by atoms with van der Waals surface area (Å²) in [5.41, 5.74) is 1.13. The summed E-state index contributed by atoms with van der Waals surface area (Å²) >= 11 is 6.21. The number of nitrogens with zero attached hydrogens (tertiary/aromatic N) is 3. The predicted molar refractivity (Wildman–Crippen MR) is 79.1 cm³/mol. The van der Waals surface area contributed by atoms with Crippen LogP contribution in [0.25, 0.3) is 0 Å². The van der Waals surface area contributed by atoms with Gasteiger partial charge in [-0.05, 0) is 11.6 Å². The van der Waals surface area contributed by atoms with E-state index in [0.29, 0.717) is 6.61 Å². The van der Waals surface area contributed by atoms with Crippen LogP contribution in [0.1, 0.15) is 5.56 Å². The molecule has 0 aliphatic carbocycles. The van der Waals surface area contributed by atoms with Crippen molar-refractivity contribution in [3.8, 4) is 0 Å². The van der Waals surface area contributed by atoms with Crippen molar-refractivity contribution in [1.29, 1.82) is 0 Å². The number of rotatable bonds is 3. The molecule has 2 aromatic rings. The van der Waals surface area contributed by atoms with Crippen LogP contribution in [0.2, 0.25) is 5.02 Å². The van der Waals surface area contributed by atoms with Gasteiger partial charge in [-0.2, -0.15) is 0 Å². The summed E-state index contributed by atoms with van der Waals surface area (Å²) in [4.78, 5) is 10.7. The number of halogens is 1. The van der Waals surface area contributed by atoms with Gasteiger partial charge in [0.15, 0.2) is 0 Å². The standard InChI is InChI=1S/C15H16ClN3O/c16-14-4-2-1-3-12(14)9-13-11-19(7-8-20-13)15-10-17-5-6-18-15/h1-6,10,13H,7-9,11H2/t13-/m1/s1. The molecule has 1 aromatic carbocycles. The second-order valence-corrected chi connectivity index (χ2v) is 5.21. The Kier molecular flexibility index (Phi) is 4.14. The van der Waals surface area contributed by atoms with E-state index in [2.05, 4.69) is 14.9 Å². The van der Waals surface area contributed by atoms with Gasteiger partial charge in [0.2, 0.25) is 0 Å². The lowest BCUT2D eigenvalue weighted by atomic mass is 10.1. The quantitative estimate of drug-likeness (QED) is 0.870. The van der Waals surface area contributed by atoms with Crippen molar-refractivity contribution in [1.82, 2.24) is 9.97 Å². The second-order valence-electron chi connectivity index (χ2n) is 4.80. The molecule has 0 amide bonds. The molecule has 0 saturated carbocycles. The first kappa shape index (κ1) is 13.3. The molecule has 0 unspecified atom stereocenters. The molecule has 4 nitrogen and oxygen atoms in total. The van der Waals surface area contributed by atoms with Gasteiger partial charge in [0.1, 0.15) is 5.82 Å².